The number of aryl methyl sites for hydroxylation is 1. The van der Waals surface area contributed by atoms with Crippen LogP contribution >= 0.6 is 11.6 Å². The minimum Gasteiger partial charge on any atom is -0.378 e. The van der Waals surface area contributed by atoms with E-state index in [2.05, 4.69) is 24.3 Å². The molecule has 1 atom stereocenters. The fourth-order valence-electron chi connectivity index (χ4n) is 2.92. The number of rotatable bonds is 7. The fourth-order valence-corrected chi connectivity index (χ4v) is 3.19. The molecule has 0 spiro atoms. The van der Waals surface area contributed by atoms with E-state index in [9.17, 15) is 0 Å². The molecule has 1 saturated carbocycles. The molecule has 0 amide bonds. The van der Waals surface area contributed by atoms with Gasteiger partial charge in [-0.15, -0.1) is 0 Å². The lowest BCUT2D eigenvalue weighted by Gasteiger charge is -2.43. The van der Waals surface area contributed by atoms with Crippen LogP contribution in [0.3, 0.4) is 0 Å². The molecule has 1 unspecified atom stereocenters. The second-order valence-corrected chi connectivity index (χ2v) is 5.66. The average Bonchev–Trinajstić information content (AvgIpc) is 2.74. The van der Waals surface area contributed by atoms with Crippen molar-refractivity contribution in [2.24, 2.45) is 0 Å². The Kier molecular flexibility index (Phi) is 4.87. The van der Waals surface area contributed by atoms with E-state index in [4.69, 9.17) is 16.3 Å². The first-order valence-electron chi connectivity index (χ1n) is 7.15. The van der Waals surface area contributed by atoms with Gasteiger partial charge in [0.05, 0.1) is 28.6 Å². The summed E-state index contributed by atoms with van der Waals surface area (Å²) in [5.74, 6) is 0. The number of methoxy groups -OCH3 is 1. The van der Waals surface area contributed by atoms with E-state index in [0.29, 0.717) is 0 Å². The van der Waals surface area contributed by atoms with E-state index in [1.165, 1.54) is 6.42 Å². The van der Waals surface area contributed by atoms with Crippen molar-refractivity contribution in [2.45, 2.75) is 57.7 Å². The van der Waals surface area contributed by atoms with Gasteiger partial charge in [0.25, 0.3) is 0 Å². The van der Waals surface area contributed by atoms with Gasteiger partial charge in [-0.05, 0) is 39.2 Å². The topological polar surface area (TPSA) is 39.1 Å². The number of halogens is 1. The predicted octanol–water partition coefficient (Wildman–Crippen LogP) is 3.17. The molecule has 0 radical (unpaired) electrons. The Morgan fingerprint density at radius 3 is 2.74 bits per heavy atom. The van der Waals surface area contributed by atoms with Crippen LogP contribution in [0.5, 0.6) is 0 Å². The zero-order valence-corrected chi connectivity index (χ0v) is 12.8. The molecule has 19 heavy (non-hydrogen) atoms. The summed E-state index contributed by atoms with van der Waals surface area (Å²) in [6, 6.07) is 0.209. The number of nitrogens with one attached hydrogen (secondary N) is 1. The Morgan fingerprint density at radius 2 is 2.26 bits per heavy atom. The van der Waals surface area contributed by atoms with Crippen LogP contribution in [0.4, 0.5) is 0 Å². The molecule has 0 saturated heterocycles. The SMILES string of the molecule is CCNC(CC1(OC)CCC1)c1c(Cl)cnn1CC. The molecule has 5 heteroatoms. The van der Waals surface area contributed by atoms with Crippen molar-refractivity contribution in [3.05, 3.63) is 16.9 Å². The van der Waals surface area contributed by atoms with Gasteiger partial charge in [-0.3, -0.25) is 4.68 Å². The van der Waals surface area contributed by atoms with E-state index >= 15 is 0 Å². The van der Waals surface area contributed by atoms with Gasteiger partial charge < -0.3 is 10.1 Å². The number of hydrogen-bond donors (Lipinski definition) is 1. The molecular formula is C14H24ClN3O. The Morgan fingerprint density at radius 1 is 1.53 bits per heavy atom. The minimum atomic E-state index is 0.0268. The van der Waals surface area contributed by atoms with Crippen molar-refractivity contribution in [3.8, 4) is 0 Å². The molecule has 1 aromatic heterocycles. The summed E-state index contributed by atoms with van der Waals surface area (Å²) in [6.07, 6.45) is 6.24. The Balaban J connectivity index is 2.21. The molecule has 1 aromatic rings. The first-order valence-corrected chi connectivity index (χ1v) is 7.53. The molecule has 1 N–H and O–H groups in total. The molecule has 0 bridgehead atoms. The van der Waals surface area contributed by atoms with Gasteiger partial charge in [-0.2, -0.15) is 5.10 Å². The first-order chi connectivity index (χ1) is 9.15. The average molecular weight is 286 g/mol. The molecule has 1 fully saturated rings. The molecular weight excluding hydrogens is 262 g/mol. The highest BCUT2D eigenvalue weighted by atomic mass is 35.5. The zero-order chi connectivity index (χ0) is 13.9. The Bertz CT molecular complexity index is 409. The third kappa shape index (κ3) is 2.96. The summed E-state index contributed by atoms with van der Waals surface area (Å²) in [4.78, 5) is 0. The maximum absolute atomic E-state index is 6.32. The molecule has 108 valence electrons. The quantitative estimate of drug-likeness (QED) is 0.836. The highest BCUT2D eigenvalue weighted by Crippen LogP contribution is 2.42. The number of hydrogen-bond acceptors (Lipinski definition) is 3. The van der Waals surface area contributed by atoms with Crippen LogP contribution in [-0.2, 0) is 11.3 Å². The summed E-state index contributed by atoms with van der Waals surface area (Å²) in [7, 11) is 1.82. The number of nitrogens with zero attached hydrogens (tertiary/aromatic N) is 2. The maximum atomic E-state index is 6.32. The lowest BCUT2D eigenvalue weighted by molar-refractivity contribution is -0.0841. The van der Waals surface area contributed by atoms with Crippen LogP contribution in [-0.4, -0.2) is 29.0 Å². The summed E-state index contributed by atoms with van der Waals surface area (Å²) in [6.45, 7) is 5.96. The van der Waals surface area contributed by atoms with Crippen LogP contribution < -0.4 is 5.32 Å². The van der Waals surface area contributed by atoms with Gasteiger partial charge in [-0.25, -0.2) is 0 Å². The molecule has 0 aromatic carbocycles. The van der Waals surface area contributed by atoms with E-state index in [1.54, 1.807) is 6.20 Å². The van der Waals surface area contributed by atoms with Crippen LogP contribution in [0.1, 0.15) is 51.3 Å². The summed E-state index contributed by atoms with van der Waals surface area (Å²) >= 11 is 6.32. The van der Waals surface area contributed by atoms with Gasteiger partial charge in [-0.1, -0.05) is 18.5 Å². The molecule has 1 aliphatic carbocycles. The fraction of sp³-hybridized carbons (Fsp3) is 0.786. The molecule has 1 heterocycles. The van der Waals surface area contributed by atoms with E-state index in [1.807, 2.05) is 11.8 Å². The van der Waals surface area contributed by atoms with Crippen molar-refractivity contribution in [1.29, 1.82) is 0 Å². The van der Waals surface area contributed by atoms with Gasteiger partial charge in [0.1, 0.15) is 0 Å². The first kappa shape index (κ1) is 14.8. The van der Waals surface area contributed by atoms with Gasteiger partial charge in [0.15, 0.2) is 0 Å². The van der Waals surface area contributed by atoms with E-state index in [0.717, 1.165) is 43.1 Å². The number of ether oxygens (including phenoxy) is 1. The molecule has 4 nitrogen and oxygen atoms in total. The van der Waals surface area contributed by atoms with Crippen LogP contribution in [0, 0.1) is 0 Å². The van der Waals surface area contributed by atoms with Gasteiger partial charge in [0, 0.05) is 13.7 Å². The largest absolute Gasteiger partial charge is 0.378 e. The van der Waals surface area contributed by atoms with Crippen molar-refractivity contribution < 1.29 is 4.74 Å². The molecule has 1 aliphatic rings. The van der Waals surface area contributed by atoms with Crippen molar-refractivity contribution >= 4 is 11.6 Å². The zero-order valence-electron chi connectivity index (χ0n) is 12.1. The van der Waals surface area contributed by atoms with Crippen molar-refractivity contribution in [1.82, 2.24) is 15.1 Å². The van der Waals surface area contributed by atoms with Crippen LogP contribution in [0.15, 0.2) is 6.20 Å². The summed E-state index contributed by atoms with van der Waals surface area (Å²) in [5, 5.41) is 8.62. The number of aromatic nitrogens is 2. The van der Waals surface area contributed by atoms with E-state index < -0.39 is 0 Å². The van der Waals surface area contributed by atoms with Crippen molar-refractivity contribution in [3.63, 3.8) is 0 Å². The second kappa shape index (κ2) is 6.25. The van der Waals surface area contributed by atoms with Crippen molar-refractivity contribution in [2.75, 3.05) is 13.7 Å². The van der Waals surface area contributed by atoms with Gasteiger partial charge >= 0.3 is 0 Å². The standard InChI is InChI=1S/C14H24ClN3O/c1-4-16-12(9-14(19-3)7-6-8-14)13-11(15)10-17-18(13)5-2/h10,12,16H,4-9H2,1-3H3. The maximum Gasteiger partial charge on any atom is 0.0834 e. The van der Waals surface area contributed by atoms with Crippen LogP contribution in [0.2, 0.25) is 5.02 Å². The summed E-state index contributed by atoms with van der Waals surface area (Å²) in [5.41, 5.74) is 1.12. The highest BCUT2D eigenvalue weighted by Gasteiger charge is 2.40. The lowest BCUT2D eigenvalue weighted by atomic mass is 9.75. The third-order valence-corrected chi connectivity index (χ3v) is 4.48. The van der Waals surface area contributed by atoms with Crippen LogP contribution in [0.25, 0.3) is 0 Å². The minimum absolute atomic E-state index is 0.0268. The predicted molar refractivity (Wildman–Crippen MR) is 77.5 cm³/mol. The Labute approximate surface area is 120 Å². The molecule has 2 rings (SSSR count). The normalized spacial score (nSPS) is 19.2. The lowest BCUT2D eigenvalue weighted by Crippen LogP contribution is -2.43. The molecule has 0 aliphatic heterocycles. The Hall–Kier alpha value is -0.580. The highest BCUT2D eigenvalue weighted by molar-refractivity contribution is 6.31. The second-order valence-electron chi connectivity index (χ2n) is 5.25. The summed E-state index contributed by atoms with van der Waals surface area (Å²) < 4.78 is 7.73. The van der Waals surface area contributed by atoms with E-state index in [-0.39, 0.29) is 11.6 Å². The monoisotopic (exact) mass is 285 g/mol. The third-order valence-electron chi connectivity index (χ3n) is 4.19. The smallest absolute Gasteiger partial charge is 0.0834 e. The van der Waals surface area contributed by atoms with Gasteiger partial charge in [0.2, 0.25) is 0 Å².